The Morgan fingerprint density at radius 1 is 1.19 bits per heavy atom. The number of nitrogens with zero attached hydrogens (tertiary/aromatic N) is 1. The molecule has 0 aliphatic heterocycles. The summed E-state index contributed by atoms with van der Waals surface area (Å²) in [6, 6.07) is 5.38. The zero-order valence-electron chi connectivity index (χ0n) is 10.5. The summed E-state index contributed by atoms with van der Waals surface area (Å²) in [4.78, 5) is 29.7. The highest BCUT2D eigenvalue weighted by atomic mass is 19.1. The van der Waals surface area contributed by atoms with Gasteiger partial charge in [0.05, 0.1) is 12.5 Å². The Hall–Kier alpha value is -3.16. The van der Waals surface area contributed by atoms with Crippen LogP contribution in [0.3, 0.4) is 0 Å². The second kappa shape index (κ2) is 5.08. The maximum absolute atomic E-state index is 13.0. The minimum absolute atomic E-state index is 0.0412. The number of imidazole rings is 1. The van der Waals surface area contributed by atoms with Crippen molar-refractivity contribution in [2.75, 3.05) is 0 Å². The van der Waals surface area contributed by atoms with Crippen molar-refractivity contribution >= 4 is 22.8 Å². The minimum Gasteiger partial charge on any atom is -0.451 e. The van der Waals surface area contributed by atoms with Crippen LogP contribution in [-0.4, -0.2) is 21.8 Å². The molecule has 0 spiro atoms. The molecule has 0 fully saturated rings. The highest BCUT2D eigenvalue weighted by Gasteiger charge is 2.14. The normalized spacial score (nSPS) is 10.5. The summed E-state index contributed by atoms with van der Waals surface area (Å²) in [7, 11) is 0. The van der Waals surface area contributed by atoms with Crippen LogP contribution in [0.2, 0.25) is 0 Å². The van der Waals surface area contributed by atoms with E-state index in [9.17, 15) is 14.0 Å². The number of carbonyl (C=O) groups excluding carboxylic acids is 2. The Morgan fingerprint density at radius 2 is 2.00 bits per heavy atom. The summed E-state index contributed by atoms with van der Waals surface area (Å²) in [5, 5.41) is 0.585. The Kier molecular flexibility index (Phi) is 3.11. The van der Waals surface area contributed by atoms with Crippen molar-refractivity contribution in [2.24, 2.45) is 0 Å². The van der Waals surface area contributed by atoms with E-state index in [0.717, 1.165) is 0 Å². The molecule has 0 saturated heterocycles. The lowest BCUT2D eigenvalue weighted by Gasteiger charge is -2.03. The van der Waals surface area contributed by atoms with Crippen molar-refractivity contribution in [3.63, 3.8) is 0 Å². The van der Waals surface area contributed by atoms with Crippen LogP contribution in [0.15, 0.2) is 41.2 Å². The minimum atomic E-state index is -0.653. The summed E-state index contributed by atoms with van der Waals surface area (Å²) < 4.78 is 18.2. The molecule has 106 valence electrons. The maximum Gasteiger partial charge on any atom is 0.305 e. The van der Waals surface area contributed by atoms with Crippen molar-refractivity contribution in [3.8, 4) is 0 Å². The molecule has 2 aromatic heterocycles. The number of aromatic amines is 1. The number of aromatic nitrogens is 2. The highest BCUT2D eigenvalue weighted by Crippen LogP contribution is 2.20. The average molecular weight is 288 g/mol. The van der Waals surface area contributed by atoms with Crippen LogP contribution >= 0.6 is 0 Å². The van der Waals surface area contributed by atoms with E-state index in [4.69, 9.17) is 4.42 Å². The lowest BCUT2D eigenvalue weighted by molar-refractivity contribution is 0.0830. The summed E-state index contributed by atoms with van der Waals surface area (Å²) in [6.07, 6.45) is 2.65. The molecule has 2 amide bonds. The average Bonchev–Trinajstić information content (AvgIpc) is 3.12. The Morgan fingerprint density at radius 3 is 2.76 bits per heavy atom. The van der Waals surface area contributed by atoms with Crippen LogP contribution < -0.4 is 10.9 Å². The first-order chi connectivity index (χ1) is 10.1. The van der Waals surface area contributed by atoms with E-state index < -0.39 is 17.6 Å². The van der Waals surface area contributed by atoms with E-state index in [-0.39, 0.29) is 17.0 Å². The molecule has 0 aliphatic rings. The predicted octanol–water partition coefficient (Wildman–Crippen LogP) is 1.37. The first-order valence-corrected chi connectivity index (χ1v) is 5.91. The van der Waals surface area contributed by atoms with Gasteiger partial charge < -0.3 is 9.40 Å². The van der Waals surface area contributed by atoms with Gasteiger partial charge >= 0.3 is 5.91 Å². The zero-order valence-corrected chi connectivity index (χ0v) is 10.5. The predicted molar refractivity (Wildman–Crippen MR) is 69.7 cm³/mol. The van der Waals surface area contributed by atoms with Gasteiger partial charge in [-0.2, -0.15) is 0 Å². The number of hydrogen-bond acceptors (Lipinski definition) is 4. The lowest BCUT2D eigenvalue weighted by atomic mass is 10.2. The first kappa shape index (κ1) is 12.9. The number of amides is 2. The molecule has 0 saturated carbocycles. The fraction of sp³-hybridized carbons (Fsp3) is 0. The van der Waals surface area contributed by atoms with Gasteiger partial charge in [-0.3, -0.25) is 20.4 Å². The number of fused-ring (bicyclic) bond motifs is 1. The van der Waals surface area contributed by atoms with Gasteiger partial charge in [-0.15, -0.1) is 0 Å². The van der Waals surface area contributed by atoms with E-state index >= 15 is 0 Å². The van der Waals surface area contributed by atoms with Crippen LogP contribution in [0.5, 0.6) is 0 Å². The van der Waals surface area contributed by atoms with E-state index in [1.807, 2.05) is 0 Å². The van der Waals surface area contributed by atoms with Crippen LogP contribution in [0.1, 0.15) is 21.0 Å². The van der Waals surface area contributed by atoms with Gasteiger partial charge in [0.1, 0.15) is 17.1 Å². The third-order valence-corrected chi connectivity index (χ3v) is 2.74. The molecule has 21 heavy (non-hydrogen) atoms. The molecular weight excluding hydrogens is 279 g/mol. The molecule has 8 heteroatoms. The van der Waals surface area contributed by atoms with Crippen molar-refractivity contribution in [1.29, 1.82) is 0 Å². The molecule has 0 radical (unpaired) electrons. The number of rotatable bonds is 2. The fourth-order valence-corrected chi connectivity index (χ4v) is 1.74. The van der Waals surface area contributed by atoms with Gasteiger partial charge in [0, 0.05) is 11.5 Å². The zero-order chi connectivity index (χ0) is 14.8. The molecule has 0 atom stereocenters. The van der Waals surface area contributed by atoms with Gasteiger partial charge in [0.25, 0.3) is 5.91 Å². The number of carbonyl (C=O) groups is 2. The first-order valence-electron chi connectivity index (χ1n) is 5.91. The molecule has 3 aromatic rings. The number of hydrogen-bond donors (Lipinski definition) is 3. The number of hydrazine groups is 1. The lowest BCUT2D eigenvalue weighted by Crippen LogP contribution is -2.41. The van der Waals surface area contributed by atoms with E-state index in [1.54, 1.807) is 0 Å². The molecule has 3 rings (SSSR count). The molecule has 1 aromatic carbocycles. The second-order valence-corrected chi connectivity index (χ2v) is 4.17. The molecule has 7 nitrogen and oxygen atoms in total. The van der Waals surface area contributed by atoms with Crippen molar-refractivity contribution in [2.45, 2.75) is 0 Å². The van der Waals surface area contributed by atoms with Gasteiger partial charge in [-0.05, 0) is 18.2 Å². The van der Waals surface area contributed by atoms with Crippen molar-refractivity contribution in [1.82, 2.24) is 20.8 Å². The summed E-state index contributed by atoms with van der Waals surface area (Å²) >= 11 is 0. The quantitative estimate of drug-likeness (QED) is 0.620. The Balaban J connectivity index is 1.70. The summed E-state index contributed by atoms with van der Waals surface area (Å²) in [5.74, 6) is -1.71. The summed E-state index contributed by atoms with van der Waals surface area (Å²) in [6.45, 7) is 0. The third kappa shape index (κ3) is 2.59. The van der Waals surface area contributed by atoms with E-state index in [1.165, 1.54) is 36.8 Å². The number of furan rings is 1. The Bertz CT molecular complexity index is 810. The van der Waals surface area contributed by atoms with Gasteiger partial charge in [-0.1, -0.05) is 0 Å². The van der Waals surface area contributed by atoms with Crippen LogP contribution in [0.4, 0.5) is 4.39 Å². The van der Waals surface area contributed by atoms with Crippen LogP contribution in [-0.2, 0) is 0 Å². The van der Waals surface area contributed by atoms with Gasteiger partial charge in [0.15, 0.2) is 5.76 Å². The number of H-pyrrole nitrogens is 1. The van der Waals surface area contributed by atoms with Crippen LogP contribution in [0.25, 0.3) is 11.0 Å². The topological polar surface area (TPSA) is 100 Å². The standard InChI is InChI=1S/C13H9FN4O3/c14-8-2-1-7-3-11(21-10(7)4-8)13(20)18-17-12(19)9-5-15-6-16-9/h1-6H,(H,15,16)(H,17,19)(H,18,20). The molecule has 0 unspecified atom stereocenters. The van der Waals surface area contributed by atoms with Crippen molar-refractivity contribution in [3.05, 3.63) is 54.1 Å². The number of benzene rings is 1. The third-order valence-electron chi connectivity index (χ3n) is 2.74. The summed E-state index contributed by atoms with van der Waals surface area (Å²) in [5.41, 5.74) is 4.83. The monoisotopic (exact) mass is 288 g/mol. The Labute approximate surface area is 117 Å². The van der Waals surface area contributed by atoms with Gasteiger partial charge in [0.2, 0.25) is 0 Å². The SMILES string of the molecule is O=C(NNC(=O)c1cc2ccc(F)cc2o1)c1cnc[nH]1. The number of halogens is 1. The second-order valence-electron chi connectivity index (χ2n) is 4.17. The van der Waals surface area contributed by atoms with Crippen LogP contribution in [0, 0.1) is 5.82 Å². The fourth-order valence-electron chi connectivity index (χ4n) is 1.74. The molecule has 3 N–H and O–H groups in total. The molecule has 0 bridgehead atoms. The van der Waals surface area contributed by atoms with Crippen molar-refractivity contribution < 1.29 is 18.4 Å². The van der Waals surface area contributed by atoms with E-state index in [0.29, 0.717) is 5.39 Å². The highest BCUT2D eigenvalue weighted by molar-refractivity contribution is 5.98. The largest absolute Gasteiger partial charge is 0.451 e. The van der Waals surface area contributed by atoms with Gasteiger partial charge in [-0.25, -0.2) is 9.37 Å². The molecule has 2 heterocycles. The maximum atomic E-state index is 13.0. The smallest absolute Gasteiger partial charge is 0.305 e. The molecule has 0 aliphatic carbocycles. The number of nitrogens with one attached hydrogen (secondary N) is 3. The molecular formula is C13H9FN4O3. The van der Waals surface area contributed by atoms with E-state index in [2.05, 4.69) is 20.8 Å².